The molecule has 0 saturated carbocycles. The van der Waals surface area contributed by atoms with Gasteiger partial charge < -0.3 is 4.42 Å². The molecule has 1 aliphatic rings. The molecule has 0 unspecified atom stereocenters. The maximum atomic E-state index is 5.90. The molecule has 0 fully saturated rings. The predicted octanol–water partition coefficient (Wildman–Crippen LogP) is 1.29. The monoisotopic (exact) mass is 279 g/mol. The van der Waals surface area contributed by atoms with Gasteiger partial charge in [-0.1, -0.05) is 4.79 Å². The van der Waals surface area contributed by atoms with Gasteiger partial charge >= 0.3 is 6.85 Å². The topological polar surface area (TPSA) is 38.1 Å². The summed E-state index contributed by atoms with van der Waals surface area (Å²) in [5.74, 6) is 0.916. The van der Waals surface area contributed by atoms with Gasteiger partial charge in [-0.05, 0) is 25.9 Å². The molecule has 0 spiro atoms. The van der Waals surface area contributed by atoms with Crippen molar-refractivity contribution in [2.75, 3.05) is 4.92 Å². The molecule has 4 heterocycles. The maximum Gasteiger partial charge on any atom is 0.437 e. The summed E-state index contributed by atoms with van der Waals surface area (Å²) in [5.41, 5.74) is 3.04. The molecule has 0 radical (unpaired) electrons. The lowest BCUT2D eigenvalue weighted by Gasteiger charge is -2.26. The second-order valence-electron chi connectivity index (χ2n) is 5.43. The van der Waals surface area contributed by atoms with Crippen molar-refractivity contribution in [2.24, 2.45) is 7.05 Å². The molecule has 0 saturated heterocycles. The van der Waals surface area contributed by atoms with Gasteiger partial charge in [0.25, 0.3) is 0 Å². The molecule has 0 amide bonds. The molecule has 3 aromatic rings. The fourth-order valence-electron chi connectivity index (χ4n) is 3.17. The lowest BCUT2D eigenvalue weighted by Crippen LogP contribution is -2.60. The van der Waals surface area contributed by atoms with Crippen LogP contribution in [-0.4, -0.2) is 16.6 Å². The number of fused-ring (bicyclic) bond motifs is 3. The summed E-state index contributed by atoms with van der Waals surface area (Å²) in [6, 6.07) is 6.06. The molecule has 4 rings (SSSR count). The molecular formula is C15H16BN4O+. The Bertz CT molecular complexity index is 864. The van der Waals surface area contributed by atoms with Crippen molar-refractivity contribution in [1.82, 2.24) is 9.77 Å². The van der Waals surface area contributed by atoms with E-state index in [2.05, 4.69) is 51.5 Å². The fraction of sp³-hybridized carbons (Fsp3) is 0.200. The van der Waals surface area contributed by atoms with Gasteiger partial charge in [-0.15, -0.1) is 0 Å². The Balaban J connectivity index is 1.95. The standard InChI is InChI=1S/C15H16BN4O/c1-11-10-13-14(12-6-4-7-17-15(12)21-13)16(2)20(11)19-9-5-8-18(19)3/h4-10H,1-3H3/q+1. The highest BCUT2D eigenvalue weighted by Gasteiger charge is 2.40. The van der Waals surface area contributed by atoms with E-state index in [1.165, 1.54) is 5.46 Å². The van der Waals surface area contributed by atoms with Crippen LogP contribution in [0.15, 0.2) is 46.9 Å². The summed E-state index contributed by atoms with van der Waals surface area (Å²) in [4.78, 5) is 8.68. The van der Waals surface area contributed by atoms with Crippen LogP contribution in [-0.2, 0) is 7.05 Å². The van der Waals surface area contributed by atoms with Crippen molar-refractivity contribution in [3.63, 3.8) is 0 Å². The van der Waals surface area contributed by atoms with Gasteiger partial charge in [0.2, 0.25) is 5.71 Å². The summed E-state index contributed by atoms with van der Waals surface area (Å²) < 4.78 is 7.95. The van der Waals surface area contributed by atoms with Crippen LogP contribution >= 0.6 is 0 Å². The van der Waals surface area contributed by atoms with Gasteiger partial charge in [-0.2, -0.15) is 4.68 Å². The SMILES string of the molecule is CB1c2c(oc3ncccc23)C=C(C)N1n1ccc[n+]1C. The van der Waals surface area contributed by atoms with Crippen molar-refractivity contribution in [3.8, 4) is 0 Å². The first-order valence-corrected chi connectivity index (χ1v) is 7.05. The molecular weight excluding hydrogens is 263 g/mol. The number of nitrogens with zero attached hydrogens (tertiary/aromatic N) is 4. The molecule has 5 nitrogen and oxygen atoms in total. The van der Waals surface area contributed by atoms with Gasteiger partial charge in [0.1, 0.15) is 24.7 Å². The molecule has 104 valence electrons. The summed E-state index contributed by atoms with van der Waals surface area (Å²) >= 11 is 0. The lowest BCUT2D eigenvalue weighted by atomic mass is 9.55. The molecule has 0 bridgehead atoms. The number of aryl methyl sites for hydroxylation is 1. The molecule has 21 heavy (non-hydrogen) atoms. The van der Waals surface area contributed by atoms with E-state index in [0.29, 0.717) is 5.71 Å². The Morgan fingerprint density at radius 2 is 2.19 bits per heavy atom. The highest BCUT2D eigenvalue weighted by Crippen LogP contribution is 2.23. The number of allylic oxidation sites excluding steroid dienone is 1. The Morgan fingerprint density at radius 3 is 2.95 bits per heavy atom. The van der Waals surface area contributed by atoms with Crippen molar-refractivity contribution in [1.29, 1.82) is 0 Å². The molecule has 1 aliphatic heterocycles. The van der Waals surface area contributed by atoms with E-state index in [1.807, 2.05) is 25.4 Å². The average molecular weight is 279 g/mol. The zero-order chi connectivity index (χ0) is 14.6. The minimum atomic E-state index is 0.175. The Morgan fingerprint density at radius 1 is 1.33 bits per heavy atom. The van der Waals surface area contributed by atoms with Gasteiger partial charge in [0, 0.05) is 29.2 Å². The smallest absolute Gasteiger partial charge is 0.437 e. The molecule has 0 aromatic carbocycles. The van der Waals surface area contributed by atoms with E-state index in [0.717, 1.165) is 16.8 Å². The first kappa shape index (κ1) is 12.3. The van der Waals surface area contributed by atoms with Crippen molar-refractivity contribution in [2.45, 2.75) is 13.7 Å². The summed E-state index contributed by atoms with van der Waals surface area (Å²) in [6.45, 7) is 4.46. The Hall–Kier alpha value is -2.50. The van der Waals surface area contributed by atoms with Crippen LogP contribution in [0.2, 0.25) is 6.82 Å². The normalized spacial score (nSPS) is 14.5. The van der Waals surface area contributed by atoms with Crippen molar-refractivity contribution < 1.29 is 9.10 Å². The third-order valence-electron chi connectivity index (χ3n) is 4.08. The van der Waals surface area contributed by atoms with Crippen LogP contribution in [0.25, 0.3) is 17.2 Å². The van der Waals surface area contributed by atoms with E-state index in [4.69, 9.17) is 4.42 Å². The van der Waals surface area contributed by atoms with E-state index in [9.17, 15) is 0 Å². The zero-order valence-corrected chi connectivity index (χ0v) is 12.3. The first-order valence-electron chi connectivity index (χ1n) is 7.05. The molecule has 3 aromatic heterocycles. The minimum Gasteiger partial charge on any atom is -0.439 e. The second-order valence-corrected chi connectivity index (χ2v) is 5.43. The van der Waals surface area contributed by atoms with Crippen LogP contribution in [0.5, 0.6) is 0 Å². The quantitative estimate of drug-likeness (QED) is 0.497. The van der Waals surface area contributed by atoms with Crippen LogP contribution in [0, 0.1) is 0 Å². The third kappa shape index (κ3) is 1.65. The summed E-state index contributed by atoms with van der Waals surface area (Å²) in [7, 11) is 2.03. The maximum absolute atomic E-state index is 5.90. The molecule has 0 atom stereocenters. The van der Waals surface area contributed by atoms with Crippen LogP contribution in [0.4, 0.5) is 0 Å². The van der Waals surface area contributed by atoms with Gasteiger partial charge in [0.15, 0.2) is 0 Å². The summed E-state index contributed by atoms with van der Waals surface area (Å²) in [5, 5.41) is 1.09. The van der Waals surface area contributed by atoms with E-state index in [1.54, 1.807) is 6.20 Å². The lowest BCUT2D eigenvalue weighted by molar-refractivity contribution is -0.751. The van der Waals surface area contributed by atoms with E-state index >= 15 is 0 Å². The average Bonchev–Trinajstić information content (AvgIpc) is 3.02. The number of hydrogen-bond donors (Lipinski definition) is 0. The predicted molar refractivity (Wildman–Crippen MR) is 82.7 cm³/mol. The van der Waals surface area contributed by atoms with Crippen LogP contribution in [0.1, 0.15) is 12.7 Å². The number of aromatic nitrogens is 3. The molecule has 0 aliphatic carbocycles. The second kappa shape index (κ2) is 4.25. The van der Waals surface area contributed by atoms with Gasteiger partial charge in [0.05, 0.1) is 6.20 Å². The Kier molecular flexibility index (Phi) is 2.48. The zero-order valence-electron chi connectivity index (χ0n) is 12.3. The number of hydrogen-bond acceptors (Lipinski definition) is 3. The number of furan rings is 1. The van der Waals surface area contributed by atoms with Gasteiger partial charge in [-0.25, -0.2) is 9.90 Å². The largest absolute Gasteiger partial charge is 0.439 e. The van der Waals surface area contributed by atoms with E-state index in [-0.39, 0.29) is 6.85 Å². The number of pyridine rings is 1. The highest BCUT2D eigenvalue weighted by molar-refractivity contribution is 6.78. The van der Waals surface area contributed by atoms with Crippen LogP contribution < -0.4 is 15.1 Å². The molecule has 6 heteroatoms. The Labute approximate surface area is 123 Å². The first-order chi connectivity index (χ1) is 10.2. The minimum absolute atomic E-state index is 0.175. The number of rotatable bonds is 1. The fourth-order valence-corrected chi connectivity index (χ4v) is 3.17. The van der Waals surface area contributed by atoms with Crippen molar-refractivity contribution in [3.05, 3.63) is 48.2 Å². The highest BCUT2D eigenvalue weighted by atomic mass is 16.3. The third-order valence-corrected chi connectivity index (χ3v) is 4.08. The molecule has 0 N–H and O–H groups in total. The van der Waals surface area contributed by atoms with Gasteiger partial charge in [-0.3, -0.25) is 0 Å². The van der Waals surface area contributed by atoms with E-state index < -0.39 is 0 Å². The summed E-state index contributed by atoms with van der Waals surface area (Å²) in [6.07, 6.45) is 7.93. The van der Waals surface area contributed by atoms with Crippen LogP contribution in [0.3, 0.4) is 0 Å². The van der Waals surface area contributed by atoms with Crippen molar-refractivity contribution >= 4 is 29.5 Å².